The van der Waals surface area contributed by atoms with Crippen LogP contribution in [-0.2, 0) is 13.0 Å². The van der Waals surface area contributed by atoms with Gasteiger partial charge in [-0.3, -0.25) is 0 Å². The van der Waals surface area contributed by atoms with Crippen LogP contribution in [0.25, 0.3) is 0 Å². The van der Waals surface area contributed by atoms with E-state index in [4.69, 9.17) is 16.7 Å². The van der Waals surface area contributed by atoms with Crippen molar-refractivity contribution in [2.24, 2.45) is 0 Å². The Labute approximate surface area is 112 Å². The molecule has 0 unspecified atom stereocenters. The third kappa shape index (κ3) is 4.06. The molecule has 0 bridgehead atoms. The van der Waals surface area contributed by atoms with Crippen LogP contribution in [0.4, 0.5) is 0 Å². The van der Waals surface area contributed by atoms with Crippen molar-refractivity contribution < 1.29 is 5.11 Å². The van der Waals surface area contributed by atoms with Crippen molar-refractivity contribution >= 4 is 11.6 Å². The molecule has 2 N–H and O–H groups in total. The fourth-order valence-corrected chi connectivity index (χ4v) is 1.86. The van der Waals surface area contributed by atoms with Crippen LogP contribution in [0.5, 0.6) is 5.75 Å². The van der Waals surface area contributed by atoms with Gasteiger partial charge in [0.2, 0.25) is 0 Å². The molecule has 0 atom stereocenters. The monoisotopic (exact) mass is 261 g/mol. The highest BCUT2D eigenvalue weighted by Gasteiger charge is 1.95. The summed E-state index contributed by atoms with van der Waals surface area (Å²) < 4.78 is 0. The molecule has 0 aliphatic carbocycles. The molecule has 0 saturated carbocycles. The van der Waals surface area contributed by atoms with Crippen LogP contribution >= 0.6 is 11.6 Å². The van der Waals surface area contributed by atoms with Crippen molar-refractivity contribution in [2.75, 3.05) is 6.54 Å². The highest BCUT2D eigenvalue weighted by molar-refractivity contribution is 6.30. The third-order valence-electron chi connectivity index (χ3n) is 2.77. The van der Waals surface area contributed by atoms with Gasteiger partial charge in [0.1, 0.15) is 5.75 Å². The second-order valence-electron chi connectivity index (χ2n) is 4.22. The Balaban J connectivity index is 1.73. The molecular formula is C15H16ClNO. The lowest BCUT2D eigenvalue weighted by molar-refractivity contribution is 0.475. The molecule has 94 valence electrons. The number of nitrogens with one attached hydrogen (secondary N) is 1. The number of hydrogen-bond donors (Lipinski definition) is 2. The quantitative estimate of drug-likeness (QED) is 0.809. The Morgan fingerprint density at radius 1 is 0.889 bits per heavy atom. The molecule has 0 saturated heterocycles. The van der Waals surface area contributed by atoms with Crippen LogP contribution in [0.1, 0.15) is 11.1 Å². The first kappa shape index (κ1) is 12.9. The molecule has 0 radical (unpaired) electrons. The molecule has 0 aliphatic heterocycles. The van der Waals surface area contributed by atoms with Crippen molar-refractivity contribution in [2.45, 2.75) is 13.0 Å². The topological polar surface area (TPSA) is 32.3 Å². The number of phenols is 1. The average Bonchev–Trinajstić information content (AvgIpc) is 2.39. The number of rotatable bonds is 5. The van der Waals surface area contributed by atoms with Gasteiger partial charge in [-0.2, -0.15) is 0 Å². The number of phenolic OH excluding ortho intramolecular Hbond substituents is 1. The molecule has 2 aromatic carbocycles. The molecule has 0 fully saturated rings. The van der Waals surface area contributed by atoms with Gasteiger partial charge in [0.25, 0.3) is 0 Å². The van der Waals surface area contributed by atoms with Gasteiger partial charge in [-0.25, -0.2) is 0 Å². The van der Waals surface area contributed by atoms with Gasteiger partial charge in [-0.05, 0) is 48.4 Å². The van der Waals surface area contributed by atoms with Crippen LogP contribution in [0, 0.1) is 0 Å². The third-order valence-corrected chi connectivity index (χ3v) is 3.02. The van der Waals surface area contributed by atoms with E-state index < -0.39 is 0 Å². The fourth-order valence-electron chi connectivity index (χ4n) is 1.73. The Morgan fingerprint density at radius 2 is 1.50 bits per heavy atom. The van der Waals surface area contributed by atoms with Gasteiger partial charge in [0.05, 0.1) is 0 Å². The smallest absolute Gasteiger partial charge is 0.115 e. The Bertz CT molecular complexity index is 431. The molecule has 0 aromatic heterocycles. The first-order valence-electron chi connectivity index (χ1n) is 5.97. The first-order chi connectivity index (χ1) is 8.74. The minimum atomic E-state index is 0.305. The van der Waals surface area contributed by atoms with E-state index in [1.54, 1.807) is 12.1 Å². The normalized spacial score (nSPS) is 10.5. The van der Waals surface area contributed by atoms with Crippen LogP contribution in [-0.4, -0.2) is 11.7 Å². The minimum Gasteiger partial charge on any atom is -0.508 e. The van der Waals surface area contributed by atoms with Gasteiger partial charge in [-0.1, -0.05) is 35.9 Å². The van der Waals surface area contributed by atoms with Crippen molar-refractivity contribution in [3.63, 3.8) is 0 Å². The van der Waals surface area contributed by atoms with Crippen molar-refractivity contribution in [3.05, 3.63) is 64.7 Å². The lowest BCUT2D eigenvalue weighted by atomic mass is 10.1. The highest BCUT2D eigenvalue weighted by Crippen LogP contribution is 2.10. The maximum atomic E-state index is 9.17. The van der Waals surface area contributed by atoms with Gasteiger partial charge in [0, 0.05) is 11.6 Å². The lowest BCUT2D eigenvalue weighted by Gasteiger charge is -2.05. The van der Waals surface area contributed by atoms with E-state index >= 15 is 0 Å². The largest absolute Gasteiger partial charge is 0.508 e. The molecule has 18 heavy (non-hydrogen) atoms. The summed E-state index contributed by atoms with van der Waals surface area (Å²) in [5, 5.41) is 13.3. The van der Waals surface area contributed by atoms with Crippen LogP contribution < -0.4 is 5.32 Å². The number of aromatic hydroxyl groups is 1. The first-order valence-corrected chi connectivity index (χ1v) is 6.35. The molecule has 3 heteroatoms. The summed E-state index contributed by atoms with van der Waals surface area (Å²) in [7, 11) is 0. The summed E-state index contributed by atoms with van der Waals surface area (Å²) in [5.74, 6) is 0.305. The summed E-state index contributed by atoms with van der Waals surface area (Å²) in [4.78, 5) is 0. The van der Waals surface area contributed by atoms with Crippen molar-refractivity contribution in [3.8, 4) is 5.75 Å². The van der Waals surface area contributed by atoms with E-state index in [0.29, 0.717) is 5.75 Å². The van der Waals surface area contributed by atoms with Crippen molar-refractivity contribution in [1.29, 1.82) is 0 Å². The summed E-state index contributed by atoms with van der Waals surface area (Å²) in [6, 6.07) is 15.2. The SMILES string of the molecule is Oc1ccc(CNCCc2ccc(Cl)cc2)cc1. The number of halogens is 1. The van der Waals surface area contributed by atoms with Gasteiger partial charge >= 0.3 is 0 Å². The fraction of sp³-hybridized carbons (Fsp3) is 0.200. The van der Waals surface area contributed by atoms with E-state index in [-0.39, 0.29) is 0 Å². The van der Waals surface area contributed by atoms with E-state index in [9.17, 15) is 0 Å². The van der Waals surface area contributed by atoms with E-state index in [1.807, 2.05) is 36.4 Å². The maximum absolute atomic E-state index is 9.17. The van der Waals surface area contributed by atoms with Crippen LogP contribution in [0.2, 0.25) is 5.02 Å². The second-order valence-corrected chi connectivity index (χ2v) is 4.66. The van der Waals surface area contributed by atoms with E-state index in [0.717, 1.165) is 24.5 Å². The molecule has 0 heterocycles. The lowest BCUT2D eigenvalue weighted by Crippen LogP contribution is -2.16. The average molecular weight is 262 g/mol. The maximum Gasteiger partial charge on any atom is 0.115 e. The molecule has 0 spiro atoms. The Morgan fingerprint density at radius 3 is 2.17 bits per heavy atom. The molecule has 0 aliphatic rings. The zero-order chi connectivity index (χ0) is 12.8. The Kier molecular flexibility index (Phi) is 4.62. The minimum absolute atomic E-state index is 0.305. The van der Waals surface area contributed by atoms with Gasteiger partial charge < -0.3 is 10.4 Å². The molecule has 2 rings (SSSR count). The number of hydrogen-bond acceptors (Lipinski definition) is 2. The summed E-state index contributed by atoms with van der Waals surface area (Å²) in [5.41, 5.74) is 2.45. The predicted octanol–water partition coefficient (Wildman–Crippen LogP) is 3.38. The zero-order valence-corrected chi connectivity index (χ0v) is 10.8. The molecule has 2 nitrogen and oxygen atoms in total. The molecule has 2 aromatic rings. The van der Waals surface area contributed by atoms with E-state index in [1.165, 1.54) is 11.1 Å². The van der Waals surface area contributed by atoms with Crippen molar-refractivity contribution in [1.82, 2.24) is 5.32 Å². The summed E-state index contributed by atoms with van der Waals surface area (Å²) >= 11 is 5.83. The summed E-state index contributed by atoms with van der Waals surface area (Å²) in [6.07, 6.45) is 0.981. The predicted molar refractivity (Wildman–Crippen MR) is 75.0 cm³/mol. The number of benzene rings is 2. The summed E-state index contributed by atoms with van der Waals surface area (Å²) in [6.45, 7) is 1.73. The van der Waals surface area contributed by atoms with Gasteiger partial charge in [0.15, 0.2) is 0 Å². The zero-order valence-electron chi connectivity index (χ0n) is 10.1. The Hall–Kier alpha value is -1.51. The molecular weight excluding hydrogens is 246 g/mol. The standard InChI is InChI=1S/C15H16ClNO/c16-14-5-1-12(2-6-14)9-10-17-11-13-3-7-15(18)8-4-13/h1-8,17-18H,9-11H2. The van der Waals surface area contributed by atoms with E-state index in [2.05, 4.69) is 5.32 Å². The highest BCUT2D eigenvalue weighted by atomic mass is 35.5. The van der Waals surface area contributed by atoms with Crippen LogP contribution in [0.3, 0.4) is 0 Å². The molecule has 0 amide bonds. The van der Waals surface area contributed by atoms with Gasteiger partial charge in [-0.15, -0.1) is 0 Å². The second kappa shape index (κ2) is 6.43. The van der Waals surface area contributed by atoms with Crippen LogP contribution in [0.15, 0.2) is 48.5 Å².